The molecule has 5 heavy (non-hydrogen) atoms. The quantitative estimate of drug-likeness (QED) is 0.277. The van der Waals surface area contributed by atoms with Crippen LogP contribution in [-0.2, 0) is 0 Å². The lowest BCUT2D eigenvalue weighted by molar-refractivity contribution is 1.40. The second-order valence-electron chi connectivity index (χ2n) is 0.612. The Morgan fingerprint density at radius 1 is 1.80 bits per heavy atom. The maximum Gasteiger partial charge on any atom is 0.127 e. The summed E-state index contributed by atoms with van der Waals surface area (Å²) in [5.41, 5.74) is 6.28. The van der Waals surface area contributed by atoms with Crippen LogP contribution in [0.2, 0.25) is 0 Å². The second-order valence-corrected chi connectivity index (χ2v) is 0.879. The Bertz CT molecular complexity index is 42.9. The van der Waals surface area contributed by atoms with Gasteiger partial charge in [-0.05, 0) is 0 Å². The first-order valence-electron chi connectivity index (χ1n) is 1.12. The van der Waals surface area contributed by atoms with Gasteiger partial charge in [0.25, 0.3) is 0 Å². The topological polar surface area (TPSA) is 47.7 Å². The van der Waals surface area contributed by atoms with Crippen molar-refractivity contribution in [1.82, 2.24) is 5.73 Å². The van der Waals surface area contributed by atoms with E-state index in [1.165, 1.54) is 0 Å². The van der Waals surface area contributed by atoms with Gasteiger partial charge >= 0.3 is 0 Å². The summed E-state index contributed by atoms with van der Waals surface area (Å²) in [6, 6.07) is 0. The van der Waals surface area contributed by atoms with Crippen molar-refractivity contribution in [3.05, 3.63) is 0 Å². The average molecular weight is 91.5 g/mol. The van der Waals surface area contributed by atoms with Crippen LogP contribution in [-0.4, -0.2) is 11.7 Å². The zero-order valence-corrected chi connectivity index (χ0v) is 3.34. The fourth-order valence-corrected chi connectivity index (χ4v) is 0. The molecule has 0 amide bonds. The smallest absolute Gasteiger partial charge is 0.127 e. The van der Waals surface area contributed by atoms with Gasteiger partial charge in [-0.25, -0.2) is 0 Å². The zero-order valence-electron chi connectivity index (χ0n) is 2.59. The molecule has 0 rings (SSSR count). The molecule has 0 spiro atoms. The third-order valence-electron chi connectivity index (χ3n) is 0.134. The monoisotopic (exact) mass is 91.0 g/mol. The molecule has 2 N–H and O–H groups in total. The zero-order chi connectivity index (χ0) is 4.28. The van der Waals surface area contributed by atoms with Crippen molar-refractivity contribution >= 4 is 17.4 Å². The minimum Gasteiger partial charge on any atom is -0.286 e. The van der Waals surface area contributed by atoms with Crippen LogP contribution in [0.3, 0.4) is 0 Å². The standard InChI is InChI=1S/C2H4ClN2/c3-1-2(4)5/h4-5H,1H2. The van der Waals surface area contributed by atoms with Gasteiger partial charge in [0.15, 0.2) is 0 Å². The predicted octanol–water partition coefficient (Wildman–Crippen LogP) is 0.485. The number of nitrogens with one attached hydrogen (secondary N) is 2. The lowest BCUT2D eigenvalue weighted by Gasteiger charge is -1.74. The minimum absolute atomic E-state index is 0.0278. The molecular weight excluding hydrogens is 87.5 g/mol. The number of rotatable bonds is 1. The summed E-state index contributed by atoms with van der Waals surface area (Å²) in [5.74, 6) is -0.202. The third-order valence-corrected chi connectivity index (χ3v) is 0.401. The fourth-order valence-electron chi connectivity index (χ4n) is 0. The lowest BCUT2D eigenvalue weighted by Crippen LogP contribution is -1.94. The van der Waals surface area contributed by atoms with Crippen LogP contribution < -0.4 is 5.73 Å². The van der Waals surface area contributed by atoms with Gasteiger partial charge in [-0.1, -0.05) is 0 Å². The highest BCUT2D eigenvalue weighted by atomic mass is 35.5. The predicted molar refractivity (Wildman–Crippen MR) is 21.5 cm³/mol. The van der Waals surface area contributed by atoms with Crippen LogP contribution in [0, 0.1) is 5.41 Å². The Labute approximate surface area is 35.4 Å². The van der Waals surface area contributed by atoms with Crippen molar-refractivity contribution in [2.45, 2.75) is 0 Å². The first-order chi connectivity index (χ1) is 2.27. The molecular formula is C2H4ClN2. The average Bonchev–Trinajstić information content (AvgIpc) is 1.38. The van der Waals surface area contributed by atoms with Crippen LogP contribution in [0.15, 0.2) is 0 Å². The summed E-state index contributed by atoms with van der Waals surface area (Å²) in [6.07, 6.45) is 0. The summed E-state index contributed by atoms with van der Waals surface area (Å²) in [7, 11) is 0. The van der Waals surface area contributed by atoms with E-state index in [1.54, 1.807) is 0 Å². The molecule has 0 aromatic heterocycles. The summed E-state index contributed by atoms with van der Waals surface area (Å²) < 4.78 is 0. The SMILES string of the molecule is [NH]C(=N)CCl. The molecule has 0 aliphatic heterocycles. The van der Waals surface area contributed by atoms with E-state index in [0.29, 0.717) is 0 Å². The van der Waals surface area contributed by atoms with E-state index >= 15 is 0 Å². The fraction of sp³-hybridized carbons (Fsp3) is 0.500. The Hall–Kier alpha value is -0.240. The molecule has 0 heterocycles. The molecule has 0 aromatic rings. The molecule has 0 fully saturated rings. The third kappa shape index (κ3) is 3.76. The number of halogens is 1. The maximum atomic E-state index is 6.28. The maximum absolute atomic E-state index is 6.28. The van der Waals surface area contributed by atoms with Crippen molar-refractivity contribution in [2.75, 3.05) is 5.88 Å². The van der Waals surface area contributed by atoms with E-state index in [-0.39, 0.29) is 11.7 Å². The van der Waals surface area contributed by atoms with Crippen molar-refractivity contribution in [1.29, 1.82) is 5.41 Å². The Morgan fingerprint density at radius 3 is 2.00 bits per heavy atom. The summed E-state index contributed by atoms with van der Waals surface area (Å²) in [5, 5.41) is 6.28. The summed E-state index contributed by atoms with van der Waals surface area (Å²) in [4.78, 5) is 0. The highest BCUT2D eigenvalue weighted by Gasteiger charge is 1.75. The van der Waals surface area contributed by atoms with Gasteiger partial charge in [0.05, 0.1) is 5.88 Å². The molecule has 0 saturated carbocycles. The van der Waals surface area contributed by atoms with E-state index in [9.17, 15) is 0 Å². The van der Waals surface area contributed by atoms with Gasteiger partial charge in [0, 0.05) is 0 Å². The molecule has 29 valence electrons. The lowest BCUT2D eigenvalue weighted by atomic mass is 10.7. The van der Waals surface area contributed by atoms with Gasteiger partial charge in [-0.2, -0.15) is 0 Å². The Balaban J connectivity index is 2.85. The van der Waals surface area contributed by atoms with Crippen LogP contribution in [0.5, 0.6) is 0 Å². The van der Waals surface area contributed by atoms with E-state index in [2.05, 4.69) is 0 Å². The summed E-state index contributed by atoms with van der Waals surface area (Å²) in [6.45, 7) is 0. The Morgan fingerprint density at radius 2 is 2.00 bits per heavy atom. The van der Waals surface area contributed by atoms with Gasteiger partial charge in [0.1, 0.15) is 5.84 Å². The number of hydrogen-bond donors (Lipinski definition) is 1. The van der Waals surface area contributed by atoms with Gasteiger partial charge in [0.2, 0.25) is 0 Å². The number of amidine groups is 1. The van der Waals surface area contributed by atoms with Crippen molar-refractivity contribution in [2.24, 2.45) is 0 Å². The number of hydrogen-bond acceptors (Lipinski definition) is 1. The highest BCUT2D eigenvalue weighted by molar-refractivity contribution is 6.27. The number of alkyl halides is 1. The first-order valence-corrected chi connectivity index (χ1v) is 1.66. The molecule has 3 heteroatoms. The molecule has 0 aliphatic carbocycles. The van der Waals surface area contributed by atoms with Crippen molar-refractivity contribution in [3.8, 4) is 0 Å². The van der Waals surface area contributed by atoms with E-state index < -0.39 is 0 Å². The second kappa shape index (κ2) is 2.03. The Kier molecular flexibility index (Phi) is 1.93. The molecule has 0 atom stereocenters. The van der Waals surface area contributed by atoms with Crippen LogP contribution in [0.1, 0.15) is 0 Å². The van der Waals surface area contributed by atoms with Gasteiger partial charge in [-0.15, -0.1) is 11.6 Å². The van der Waals surface area contributed by atoms with Crippen LogP contribution >= 0.6 is 11.6 Å². The van der Waals surface area contributed by atoms with Gasteiger partial charge in [-0.3, -0.25) is 11.1 Å². The minimum atomic E-state index is -0.230. The molecule has 1 radical (unpaired) electrons. The van der Waals surface area contributed by atoms with Gasteiger partial charge < -0.3 is 0 Å². The summed E-state index contributed by atoms with van der Waals surface area (Å²) >= 11 is 4.92. The molecule has 0 aliphatic rings. The first kappa shape index (κ1) is 4.76. The molecule has 0 unspecified atom stereocenters. The van der Waals surface area contributed by atoms with E-state index in [0.717, 1.165) is 0 Å². The van der Waals surface area contributed by atoms with Crippen LogP contribution in [0.25, 0.3) is 0 Å². The van der Waals surface area contributed by atoms with Crippen molar-refractivity contribution in [3.63, 3.8) is 0 Å². The molecule has 2 nitrogen and oxygen atoms in total. The normalized spacial score (nSPS) is 7.40. The van der Waals surface area contributed by atoms with Crippen LogP contribution in [0.4, 0.5) is 0 Å². The highest BCUT2D eigenvalue weighted by Crippen LogP contribution is 1.67. The molecule has 0 aromatic carbocycles. The largest absolute Gasteiger partial charge is 0.286 e. The van der Waals surface area contributed by atoms with Crippen molar-refractivity contribution < 1.29 is 0 Å². The molecule has 0 bridgehead atoms. The molecule has 0 saturated heterocycles. The van der Waals surface area contributed by atoms with E-state index in [4.69, 9.17) is 22.7 Å². The van der Waals surface area contributed by atoms with E-state index in [1.807, 2.05) is 0 Å².